The van der Waals surface area contributed by atoms with Gasteiger partial charge in [-0.05, 0) is 31.2 Å². The van der Waals surface area contributed by atoms with Crippen molar-refractivity contribution in [3.05, 3.63) is 53.1 Å². The number of carbonyl (C=O) groups is 1. The SMILES string of the molecule is CC(=O)c1ccc(S(=O)(=O)Nc2cccc(Cl)c2O)cc1. The Hall–Kier alpha value is -2.05. The summed E-state index contributed by atoms with van der Waals surface area (Å²) in [6.07, 6.45) is 0. The van der Waals surface area contributed by atoms with Crippen LogP contribution in [0.2, 0.25) is 5.02 Å². The summed E-state index contributed by atoms with van der Waals surface area (Å²) in [4.78, 5) is 11.1. The van der Waals surface area contributed by atoms with Crippen LogP contribution >= 0.6 is 11.6 Å². The van der Waals surface area contributed by atoms with Crippen LogP contribution in [0.1, 0.15) is 17.3 Å². The van der Waals surface area contributed by atoms with Crippen LogP contribution in [0.4, 0.5) is 5.69 Å². The molecule has 110 valence electrons. The summed E-state index contributed by atoms with van der Waals surface area (Å²) in [6.45, 7) is 1.39. The number of ketones is 1. The van der Waals surface area contributed by atoms with Gasteiger partial charge >= 0.3 is 0 Å². The average Bonchev–Trinajstić information content (AvgIpc) is 2.44. The summed E-state index contributed by atoms with van der Waals surface area (Å²) in [6, 6.07) is 9.84. The molecule has 0 unspecified atom stereocenters. The molecule has 5 nitrogen and oxygen atoms in total. The van der Waals surface area contributed by atoms with Gasteiger partial charge in [0.2, 0.25) is 0 Å². The Morgan fingerprint density at radius 1 is 1.14 bits per heavy atom. The molecule has 0 radical (unpaired) electrons. The second-order valence-corrected chi connectivity index (χ2v) is 6.41. The van der Waals surface area contributed by atoms with E-state index in [1.54, 1.807) is 0 Å². The largest absolute Gasteiger partial charge is 0.504 e. The second-order valence-electron chi connectivity index (χ2n) is 4.32. The number of anilines is 1. The van der Waals surface area contributed by atoms with Gasteiger partial charge in [0.1, 0.15) is 0 Å². The molecule has 0 aromatic heterocycles. The number of para-hydroxylation sites is 1. The van der Waals surface area contributed by atoms with Gasteiger partial charge in [0, 0.05) is 5.56 Å². The predicted molar refractivity (Wildman–Crippen MR) is 80.4 cm³/mol. The number of benzene rings is 2. The van der Waals surface area contributed by atoms with E-state index in [0.717, 1.165) is 0 Å². The smallest absolute Gasteiger partial charge is 0.262 e. The highest BCUT2D eigenvalue weighted by molar-refractivity contribution is 7.92. The first-order chi connectivity index (χ1) is 9.81. The van der Waals surface area contributed by atoms with E-state index < -0.39 is 10.0 Å². The first kappa shape index (κ1) is 15.3. The summed E-state index contributed by atoms with van der Waals surface area (Å²) in [7, 11) is -3.87. The van der Waals surface area contributed by atoms with E-state index >= 15 is 0 Å². The first-order valence-electron chi connectivity index (χ1n) is 5.92. The fourth-order valence-corrected chi connectivity index (χ4v) is 2.91. The van der Waals surface area contributed by atoms with E-state index in [2.05, 4.69) is 4.72 Å². The number of nitrogens with one attached hydrogen (secondary N) is 1. The summed E-state index contributed by atoms with van der Waals surface area (Å²) in [5.74, 6) is -0.498. The zero-order valence-corrected chi connectivity index (χ0v) is 12.6. The fourth-order valence-electron chi connectivity index (χ4n) is 1.67. The van der Waals surface area contributed by atoms with E-state index in [1.807, 2.05) is 0 Å². The van der Waals surface area contributed by atoms with Crippen molar-refractivity contribution in [3.8, 4) is 5.75 Å². The number of Topliss-reactive ketones (excluding diaryl/α,β-unsaturated/α-hetero) is 1. The first-order valence-corrected chi connectivity index (χ1v) is 7.78. The monoisotopic (exact) mass is 325 g/mol. The van der Waals surface area contributed by atoms with Crippen LogP contribution in [-0.4, -0.2) is 19.3 Å². The Kier molecular flexibility index (Phi) is 4.20. The van der Waals surface area contributed by atoms with Crippen molar-refractivity contribution >= 4 is 33.1 Å². The Morgan fingerprint density at radius 2 is 1.76 bits per heavy atom. The van der Waals surface area contributed by atoms with Gasteiger partial charge in [-0.25, -0.2) is 8.42 Å². The normalized spacial score (nSPS) is 11.1. The molecule has 0 amide bonds. The predicted octanol–water partition coefficient (Wildman–Crippen LogP) is 3.05. The topological polar surface area (TPSA) is 83.5 Å². The van der Waals surface area contributed by atoms with Crippen molar-refractivity contribution in [2.24, 2.45) is 0 Å². The van der Waals surface area contributed by atoms with Gasteiger partial charge in [0.15, 0.2) is 11.5 Å². The van der Waals surface area contributed by atoms with Crippen LogP contribution in [-0.2, 0) is 10.0 Å². The third-order valence-corrected chi connectivity index (χ3v) is 4.49. The van der Waals surface area contributed by atoms with Crippen molar-refractivity contribution in [2.75, 3.05) is 4.72 Å². The van der Waals surface area contributed by atoms with Crippen molar-refractivity contribution in [3.63, 3.8) is 0 Å². The Balaban J connectivity index is 2.34. The molecular formula is C14H12ClNO4S. The molecule has 0 spiro atoms. The number of aromatic hydroxyl groups is 1. The molecule has 2 rings (SSSR count). The van der Waals surface area contributed by atoms with Crippen LogP contribution in [0.5, 0.6) is 5.75 Å². The number of carbonyl (C=O) groups excluding carboxylic acids is 1. The second kappa shape index (κ2) is 5.75. The molecule has 0 heterocycles. The molecule has 2 N–H and O–H groups in total. The van der Waals surface area contributed by atoms with Gasteiger partial charge in [-0.3, -0.25) is 9.52 Å². The van der Waals surface area contributed by atoms with Crippen LogP contribution in [0.15, 0.2) is 47.4 Å². The van der Waals surface area contributed by atoms with E-state index in [9.17, 15) is 18.3 Å². The van der Waals surface area contributed by atoms with E-state index in [-0.39, 0.29) is 27.1 Å². The Morgan fingerprint density at radius 3 is 2.33 bits per heavy atom. The van der Waals surface area contributed by atoms with E-state index in [0.29, 0.717) is 5.56 Å². The van der Waals surface area contributed by atoms with Gasteiger partial charge in [0.05, 0.1) is 15.6 Å². The molecule has 0 bridgehead atoms. The standard InChI is InChI=1S/C14H12ClNO4S/c1-9(17)10-5-7-11(8-6-10)21(19,20)16-13-4-2-3-12(15)14(13)18/h2-8,16,18H,1H3. The number of rotatable bonds is 4. The van der Waals surface area contributed by atoms with Gasteiger partial charge in [0.25, 0.3) is 10.0 Å². The summed E-state index contributed by atoms with van der Waals surface area (Å²) < 4.78 is 26.6. The molecule has 0 fully saturated rings. The minimum Gasteiger partial charge on any atom is -0.504 e. The molecule has 0 saturated carbocycles. The van der Waals surface area contributed by atoms with Crippen molar-refractivity contribution in [2.45, 2.75) is 11.8 Å². The lowest BCUT2D eigenvalue weighted by molar-refractivity contribution is 0.101. The number of phenolic OH excluding ortho intramolecular Hbond substituents is 1. The van der Waals surface area contributed by atoms with Gasteiger partial charge in [-0.2, -0.15) is 0 Å². The van der Waals surface area contributed by atoms with E-state index in [1.165, 1.54) is 49.4 Å². The summed E-state index contributed by atoms with van der Waals surface area (Å²) >= 11 is 5.72. The minimum absolute atomic E-state index is 0.0156. The maximum absolute atomic E-state index is 12.2. The van der Waals surface area contributed by atoms with E-state index in [4.69, 9.17) is 11.6 Å². The van der Waals surface area contributed by atoms with Gasteiger partial charge in [-0.15, -0.1) is 0 Å². The van der Waals surface area contributed by atoms with Crippen LogP contribution in [0.3, 0.4) is 0 Å². The molecule has 7 heteroatoms. The lowest BCUT2D eigenvalue weighted by atomic mass is 10.2. The molecule has 2 aromatic carbocycles. The summed E-state index contributed by atoms with van der Waals surface area (Å²) in [5, 5.41) is 9.76. The quantitative estimate of drug-likeness (QED) is 0.668. The Bertz CT molecular complexity index is 785. The minimum atomic E-state index is -3.87. The number of hydrogen-bond acceptors (Lipinski definition) is 4. The third kappa shape index (κ3) is 3.34. The van der Waals surface area contributed by atoms with Crippen molar-refractivity contribution in [1.82, 2.24) is 0 Å². The molecule has 0 aliphatic rings. The molecule has 0 aliphatic heterocycles. The van der Waals surface area contributed by atoms with Crippen LogP contribution in [0.25, 0.3) is 0 Å². The zero-order chi connectivity index (χ0) is 15.6. The zero-order valence-electron chi connectivity index (χ0n) is 11.0. The lowest BCUT2D eigenvalue weighted by Gasteiger charge is -2.10. The number of phenols is 1. The molecule has 21 heavy (non-hydrogen) atoms. The van der Waals surface area contributed by atoms with Crippen molar-refractivity contribution < 1.29 is 18.3 Å². The maximum Gasteiger partial charge on any atom is 0.262 e. The highest BCUT2D eigenvalue weighted by Crippen LogP contribution is 2.32. The molecule has 0 saturated heterocycles. The lowest BCUT2D eigenvalue weighted by Crippen LogP contribution is -2.13. The number of sulfonamides is 1. The molecular weight excluding hydrogens is 314 g/mol. The third-order valence-electron chi connectivity index (χ3n) is 2.80. The van der Waals surface area contributed by atoms with Crippen LogP contribution in [0, 0.1) is 0 Å². The van der Waals surface area contributed by atoms with Gasteiger partial charge < -0.3 is 5.11 Å². The highest BCUT2D eigenvalue weighted by atomic mass is 35.5. The molecule has 0 aliphatic carbocycles. The van der Waals surface area contributed by atoms with Crippen LogP contribution < -0.4 is 4.72 Å². The summed E-state index contributed by atoms with van der Waals surface area (Å²) in [5.41, 5.74) is 0.401. The average molecular weight is 326 g/mol. The Labute approximate surface area is 127 Å². The number of hydrogen-bond donors (Lipinski definition) is 2. The number of halogens is 1. The van der Waals surface area contributed by atoms with Gasteiger partial charge in [-0.1, -0.05) is 29.8 Å². The fraction of sp³-hybridized carbons (Fsp3) is 0.0714. The molecule has 2 aromatic rings. The molecule has 0 atom stereocenters. The van der Waals surface area contributed by atoms with Crippen molar-refractivity contribution in [1.29, 1.82) is 0 Å². The highest BCUT2D eigenvalue weighted by Gasteiger charge is 2.17. The maximum atomic E-state index is 12.2.